The number of carbonyl (C=O) groups excluding carboxylic acids is 2. The summed E-state index contributed by atoms with van der Waals surface area (Å²) in [7, 11) is 0. The SMILES string of the molecule is CC(=O)[CH-]C(=O)O.CC(=O)[CH-]C(=O)O.CC(C)O.CC(C)O.[Ti+2]. The number of hydrogen-bond donors (Lipinski definition) is 4. The van der Waals surface area contributed by atoms with E-state index in [9.17, 15) is 19.2 Å². The van der Waals surface area contributed by atoms with Gasteiger partial charge in [-0.3, -0.25) is 9.59 Å². The van der Waals surface area contributed by atoms with E-state index < -0.39 is 23.5 Å². The first-order valence-electron chi connectivity index (χ1n) is 6.24. The Balaban J connectivity index is -0.0000000639. The molecule has 134 valence electrons. The second-order valence-corrected chi connectivity index (χ2v) is 4.37. The largest absolute Gasteiger partial charge is 2.00 e. The Kier molecular flexibility index (Phi) is 33.2. The molecule has 0 aliphatic carbocycles. The molecule has 23 heavy (non-hydrogen) atoms. The number of ketones is 2. The Hall–Kier alpha value is -1.35. The summed E-state index contributed by atoms with van der Waals surface area (Å²) >= 11 is 0. The molecule has 0 aromatic carbocycles. The first-order chi connectivity index (χ1) is 9.72. The molecule has 0 spiro atoms. The smallest absolute Gasteiger partial charge is 0.503 e. The molecule has 0 atom stereocenters. The Morgan fingerprint density at radius 2 is 0.826 bits per heavy atom. The van der Waals surface area contributed by atoms with Crippen LogP contribution in [0.3, 0.4) is 0 Å². The topological polar surface area (TPSA) is 149 Å². The second-order valence-electron chi connectivity index (χ2n) is 4.37. The third kappa shape index (κ3) is 162. The van der Waals surface area contributed by atoms with Crippen LogP contribution in [0.2, 0.25) is 0 Å². The van der Waals surface area contributed by atoms with Crippen LogP contribution in [0.4, 0.5) is 0 Å². The number of carboxylic acid groups (broad SMARTS) is 2. The van der Waals surface area contributed by atoms with E-state index >= 15 is 0 Å². The molecular formula is C14H26O8Ti. The minimum absolute atomic E-state index is 0. The van der Waals surface area contributed by atoms with E-state index in [-0.39, 0.29) is 33.9 Å². The van der Waals surface area contributed by atoms with E-state index in [0.717, 1.165) is 0 Å². The fourth-order valence-corrected chi connectivity index (χ4v) is 0.348. The maximum Gasteiger partial charge on any atom is 2.00 e. The minimum atomic E-state index is -1.19. The summed E-state index contributed by atoms with van der Waals surface area (Å²) in [6.07, 6.45) is 0.889. The van der Waals surface area contributed by atoms with E-state index in [1.165, 1.54) is 13.8 Å². The van der Waals surface area contributed by atoms with Gasteiger partial charge in [-0.25, -0.2) is 12.8 Å². The molecule has 0 aromatic rings. The van der Waals surface area contributed by atoms with E-state index in [4.69, 9.17) is 20.4 Å². The molecule has 0 fully saturated rings. The standard InChI is InChI=1S/2C4H5O3.2C3H8O.Ti/c2*1-3(5)2-4(6)7;2*1-3(2)4;/h2*2H,1H3,(H,6,7);2*3-4H,1-2H3;/q2*-1;;;+2. The third-order valence-corrected chi connectivity index (χ3v) is 0.653. The van der Waals surface area contributed by atoms with Crippen LogP contribution in [-0.4, -0.2) is 56.1 Å². The minimum Gasteiger partial charge on any atom is -0.503 e. The second kappa shape index (κ2) is 22.9. The van der Waals surface area contributed by atoms with Gasteiger partial charge in [0.2, 0.25) is 0 Å². The molecule has 0 unspecified atom stereocenters. The van der Waals surface area contributed by atoms with Gasteiger partial charge in [0, 0.05) is 23.8 Å². The van der Waals surface area contributed by atoms with Gasteiger partial charge in [-0.2, -0.15) is 0 Å². The van der Waals surface area contributed by atoms with Gasteiger partial charge in [-0.05, 0) is 41.5 Å². The number of aliphatic carboxylic acids is 2. The summed E-state index contributed by atoms with van der Waals surface area (Å²) in [4.78, 5) is 38.7. The molecule has 4 N–H and O–H groups in total. The molecule has 9 heteroatoms. The van der Waals surface area contributed by atoms with Crippen molar-refractivity contribution in [3.63, 3.8) is 0 Å². The third-order valence-electron chi connectivity index (χ3n) is 0.653. The van der Waals surface area contributed by atoms with Gasteiger partial charge >= 0.3 is 21.7 Å². The summed E-state index contributed by atoms with van der Waals surface area (Å²) in [5.74, 6) is -3.25. The van der Waals surface area contributed by atoms with Crippen molar-refractivity contribution in [3.05, 3.63) is 12.8 Å². The maximum atomic E-state index is 9.82. The summed E-state index contributed by atoms with van der Waals surface area (Å²) in [6, 6.07) is 0. The molecule has 0 saturated carbocycles. The molecule has 0 aromatic heterocycles. The number of Topliss-reactive ketones (excluding diaryl/α,β-unsaturated/α-hetero) is 2. The monoisotopic (exact) mass is 370 g/mol. The fourth-order valence-electron chi connectivity index (χ4n) is 0.348. The summed E-state index contributed by atoms with van der Waals surface area (Å²) in [5, 5.41) is 31.7. The predicted molar refractivity (Wildman–Crippen MR) is 79.9 cm³/mol. The van der Waals surface area contributed by atoms with Gasteiger partial charge in [0.1, 0.15) is 0 Å². The van der Waals surface area contributed by atoms with E-state index in [1.807, 2.05) is 0 Å². The molecular weight excluding hydrogens is 344 g/mol. The molecule has 0 aliphatic rings. The first kappa shape index (κ1) is 33.3. The van der Waals surface area contributed by atoms with Crippen LogP contribution in [0, 0.1) is 12.8 Å². The van der Waals surface area contributed by atoms with Crippen molar-refractivity contribution in [2.75, 3.05) is 0 Å². The zero-order chi connectivity index (χ0) is 18.9. The van der Waals surface area contributed by atoms with E-state index in [1.54, 1.807) is 27.7 Å². The van der Waals surface area contributed by atoms with E-state index in [2.05, 4.69) is 0 Å². The molecule has 0 bridgehead atoms. The number of aliphatic hydroxyl groups is 2. The van der Waals surface area contributed by atoms with Gasteiger partial charge in [-0.15, -0.1) is 0 Å². The van der Waals surface area contributed by atoms with Crippen LogP contribution in [0.1, 0.15) is 41.5 Å². The van der Waals surface area contributed by atoms with Crippen LogP contribution in [0.15, 0.2) is 0 Å². The maximum absolute atomic E-state index is 9.82. The number of aliphatic hydroxyl groups excluding tert-OH is 2. The quantitative estimate of drug-likeness (QED) is 0.317. The van der Waals surface area contributed by atoms with Crippen molar-refractivity contribution in [1.82, 2.24) is 0 Å². The number of hydrogen-bond acceptors (Lipinski definition) is 6. The number of rotatable bonds is 4. The van der Waals surface area contributed by atoms with Crippen molar-refractivity contribution < 1.29 is 61.3 Å². The summed E-state index contributed by atoms with van der Waals surface area (Å²) < 4.78 is 0. The Morgan fingerprint density at radius 3 is 0.826 bits per heavy atom. The number of carboxylic acids is 2. The van der Waals surface area contributed by atoms with Crippen LogP contribution in [0.5, 0.6) is 0 Å². The van der Waals surface area contributed by atoms with Crippen molar-refractivity contribution in [1.29, 1.82) is 0 Å². The van der Waals surface area contributed by atoms with Crippen LogP contribution in [-0.2, 0) is 40.9 Å². The van der Waals surface area contributed by atoms with Gasteiger partial charge in [0.15, 0.2) is 11.9 Å². The predicted octanol–water partition coefficient (Wildman–Crippen LogP) is 0.500. The summed E-state index contributed by atoms with van der Waals surface area (Å²) in [6.45, 7) is 9.27. The molecule has 0 radical (unpaired) electrons. The Bertz CT molecular complexity index is 265. The Labute approximate surface area is 151 Å². The normalized spacial score (nSPS) is 7.74. The van der Waals surface area contributed by atoms with Gasteiger partial charge in [0.05, 0.1) is 0 Å². The molecule has 0 aliphatic heterocycles. The fraction of sp³-hybridized carbons (Fsp3) is 0.571. The zero-order valence-electron chi connectivity index (χ0n) is 14.2. The molecule has 0 rings (SSSR count). The first-order valence-corrected chi connectivity index (χ1v) is 6.24. The average molecular weight is 370 g/mol. The molecule has 8 nitrogen and oxygen atoms in total. The van der Waals surface area contributed by atoms with Crippen LogP contribution >= 0.6 is 0 Å². The van der Waals surface area contributed by atoms with Crippen molar-refractivity contribution >= 4 is 23.5 Å². The molecule has 0 heterocycles. The van der Waals surface area contributed by atoms with Crippen LogP contribution in [0.25, 0.3) is 0 Å². The molecule has 0 amide bonds. The van der Waals surface area contributed by atoms with Crippen molar-refractivity contribution in [2.24, 2.45) is 0 Å². The Morgan fingerprint density at radius 1 is 0.696 bits per heavy atom. The summed E-state index contributed by atoms with van der Waals surface area (Å²) in [5.41, 5.74) is 0. The molecule has 0 saturated heterocycles. The zero-order valence-corrected chi connectivity index (χ0v) is 15.8. The van der Waals surface area contributed by atoms with E-state index in [0.29, 0.717) is 12.8 Å². The van der Waals surface area contributed by atoms with Crippen molar-refractivity contribution in [3.8, 4) is 0 Å². The van der Waals surface area contributed by atoms with Gasteiger partial charge in [-0.1, -0.05) is 0 Å². The van der Waals surface area contributed by atoms with Crippen LogP contribution < -0.4 is 0 Å². The van der Waals surface area contributed by atoms with Gasteiger partial charge < -0.3 is 30.0 Å². The van der Waals surface area contributed by atoms with Crippen molar-refractivity contribution in [2.45, 2.75) is 53.8 Å². The van der Waals surface area contributed by atoms with Gasteiger partial charge in [0.25, 0.3) is 0 Å². The average Bonchev–Trinajstić information content (AvgIpc) is 2.10. The number of carbonyl (C=O) groups is 4.